The smallest absolute Gasteiger partial charge is 0.264 e. The Labute approximate surface area is 233 Å². The standard InChI is InChI=1S/C30H52N2O4SSi/c1-20(2)24-11-12-25-23(19-35-37(8,33)34)26(13-14-29(24,25)6)30(7)16-21-17-31-32-27(21)15-22(30)18-36-38(9,10)28(3,4)5/h17,22-26H,1,11-16,18-19H2,2-10H3,(H,31,32)/t22-,23+,24-,25+,26+,29-,30+/m1/s1. The van der Waals surface area contributed by atoms with Crippen molar-refractivity contribution in [3.05, 3.63) is 29.6 Å². The fraction of sp³-hybridized carbons (Fsp3) is 0.833. The van der Waals surface area contributed by atoms with Crippen LogP contribution < -0.4 is 0 Å². The van der Waals surface area contributed by atoms with Crippen LogP contribution in [-0.4, -0.2) is 46.4 Å². The van der Waals surface area contributed by atoms with E-state index in [4.69, 9.17) is 8.61 Å². The molecule has 0 spiro atoms. The third kappa shape index (κ3) is 5.48. The third-order valence-corrected chi connectivity index (χ3v) is 16.6. The lowest BCUT2D eigenvalue weighted by Crippen LogP contribution is -2.54. The fourth-order valence-electron chi connectivity index (χ4n) is 8.26. The lowest BCUT2D eigenvalue weighted by atomic mass is 9.49. The molecular weight excluding hydrogens is 512 g/mol. The van der Waals surface area contributed by atoms with E-state index >= 15 is 0 Å². The van der Waals surface area contributed by atoms with Gasteiger partial charge >= 0.3 is 0 Å². The molecule has 3 aliphatic carbocycles. The van der Waals surface area contributed by atoms with Crippen molar-refractivity contribution < 1.29 is 17.0 Å². The molecule has 0 aromatic carbocycles. The predicted octanol–water partition coefficient (Wildman–Crippen LogP) is 6.76. The van der Waals surface area contributed by atoms with Gasteiger partial charge in [0, 0.05) is 12.3 Å². The monoisotopic (exact) mass is 564 g/mol. The highest BCUT2D eigenvalue weighted by Crippen LogP contribution is 2.64. The zero-order chi connectivity index (χ0) is 28.3. The normalized spacial score (nSPS) is 36.1. The van der Waals surface area contributed by atoms with Crippen LogP contribution in [0.4, 0.5) is 0 Å². The second-order valence-corrected chi connectivity index (χ2v) is 21.4. The van der Waals surface area contributed by atoms with Crippen LogP contribution in [0.1, 0.15) is 78.5 Å². The Balaban J connectivity index is 1.71. The van der Waals surface area contributed by atoms with E-state index in [1.165, 1.54) is 23.1 Å². The molecule has 0 radical (unpaired) electrons. The number of H-pyrrole nitrogens is 1. The molecule has 1 aromatic rings. The number of nitrogens with one attached hydrogen (secondary N) is 1. The molecule has 0 bridgehead atoms. The largest absolute Gasteiger partial charge is 0.417 e. The van der Waals surface area contributed by atoms with Crippen molar-refractivity contribution in [3.63, 3.8) is 0 Å². The first kappa shape index (κ1) is 30.0. The van der Waals surface area contributed by atoms with Crippen LogP contribution in [0.2, 0.25) is 18.1 Å². The maximum absolute atomic E-state index is 12.2. The van der Waals surface area contributed by atoms with Gasteiger partial charge in [0.25, 0.3) is 10.1 Å². The minimum Gasteiger partial charge on any atom is -0.417 e. The van der Waals surface area contributed by atoms with Gasteiger partial charge in [-0.1, -0.05) is 46.8 Å². The number of hydrogen-bond acceptors (Lipinski definition) is 5. The first-order valence-corrected chi connectivity index (χ1v) is 19.3. The van der Waals surface area contributed by atoms with Gasteiger partial charge in [0.2, 0.25) is 0 Å². The SMILES string of the molecule is C=C(C)[C@H]1CC[C@H]2[C@H](COS(C)(=O)=O)[C@@H]([C@@]3(C)Cc4cn[nH]c4C[C@@H]3CO[Si](C)(C)C(C)(C)C)CC[C@]12C. The highest BCUT2D eigenvalue weighted by molar-refractivity contribution is 7.85. The molecule has 1 aromatic heterocycles. The zero-order valence-electron chi connectivity index (χ0n) is 25.3. The van der Waals surface area contributed by atoms with Gasteiger partial charge in [-0.05, 0) is 110 Å². The summed E-state index contributed by atoms with van der Waals surface area (Å²) >= 11 is 0. The van der Waals surface area contributed by atoms with Crippen molar-refractivity contribution in [1.82, 2.24) is 10.2 Å². The molecule has 0 unspecified atom stereocenters. The van der Waals surface area contributed by atoms with Crippen LogP contribution in [0, 0.1) is 40.4 Å². The lowest BCUT2D eigenvalue weighted by molar-refractivity contribution is -0.0816. The van der Waals surface area contributed by atoms with Crippen molar-refractivity contribution in [2.45, 2.75) is 98.2 Å². The van der Waals surface area contributed by atoms with Crippen molar-refractivity contribution in [2.24, 2.45) is 40.4 Å². The molecule has 1 heterocycles. The molecule has 6 nitrogen and oxygen atoms in total. The van der Waals surface area contributed by atoms with E-state index in [0.717, 1.165) is 45.1 Å². The number of nitrogens with zero attached hydrogens (tertiary/aromatic N) is 1. The maximum atomic E-state index is 12.2. The molecular formula is C30H52N2O4SSi. The Bertz CT molecular complexity index is 1140. The van der Waals surface area contributed by atoms with Crippen molar-refractivity contribution in [3.8, 4) is 0 Å². The van der Waals surface area contributed by atoms with E-state index in [1.807, 2.05) is 6.20 Å². The highest BCUT2D eigenvalue weighted by atomic mass is 32.2. The topological polar surface area (TPSA) is 81.3 Å². The number of allylic oxidation sites excluding steroid dienone is 1. The van der Waals surface area contributed by atoms with Gasteiger partial charge in [0.05, 0.1) is 19.1 Å². The Morgan fingerprint density at radius 1 is 1.16 bits per heavy atom. The fourth-order valence-corrected chi connectivity index (χ4v) is 9.72. The van der Waals surface area contributed by atoms with Gasteiger partial charge in [-0.25, -0.2) is 0 Å². The Morgan fingerprint density at radius 3 is 2.42 bits per heavy atom. The number of aromatic amines is 1. The Morgan fingerprint density at radius 2 is 1.82 bits per heavy atom. The Kier molecular flexibility index (Phi) is 8.01. The number of rotatable bonds is 8. The second kappa shape index (κ2) is 10.1. The van der Waals surface area contributed by atoms with Gasteiger partial charge in [-0.2, -0.15) is 13.5 Å². The summed E-state index contributed by atoms with van der Waals surface area (Å²) in [6, 6.07) is 0. The van der Waals surface area contributed by atoms with E-state index in [9.17, 15) is 8.42 Å². The van der Waals surface area contributed by atoms with Crippen LogP contribution >= 0.6 is 0 Å². The van der Waals surface area contributed by atoms with Crippen LogP contribution in [-0.2, 0) is 31.6 Å². The molecule has 0 amide bonds. The van der Waals surface area contributed by atoms with Crippen LogP contribution in [0.3, 0.4) is 0 Å². The molecule has 216 valence electrons. The van der Waals surface area contributed by atoms with Gasteiger partial charge in [-0.15, -0.1) is 0 Å². The van der Waals surface area contributed by atoms with Gasteiger partial charge in [-0.3, -0.25) is 9.28 Å². The number of hydrogen-bond donors (Lipinski definition) is 1. The van der Waals surface area contributed by atoms with Crippen molar-refractivity contribution in [2.75, 3.05) is 19.5 Å². The van der Waals surface area contributed by atoms with Gasteiger partial charge < -0.3 is 4.43 Å². The van der Waals surface area contributed by atoms with Crippen LogP contribution in [0.15, 0.2) is 18.3 Å². The predicted molar refractivity (Wildman–Crippen MR) is 157 cm³/mol. The average molecular weight is 565 g/mol. The summed E-state index contributed by atoms with van der Waals surface area (Å²) in [5.74, 6) is 1.78. The molecule has 3 aliphatic rings. The molecule has 1 N–H and O–H groups in total. The summed E-state index contributed by atoms with van der Waals surface area (Å²) in [6.45, 7) is 24.0. The first-order valence-electron chi connectivity index (χ1n) is 14.5. The molecule has 2 saturated carbocycles. The highest BCUT2D eigenvalue weighted by Gasteiger charge is 2.59. The number of aromatic nitrogens is 2. The van der Waals surface area contributed by atoms with E-state index in [0.29, 0.717) is 23.7 Å². The molecule has 38 heavy (non-hydrogen) atoms. The minimum atomic E-state index is -3.53. The summed E-state index contributed by atoms with van der Waals surface area (Å²) in [5, 5.41) is 7.82. The van der Waals surface area contributed by atoms with Gasteiger partial charge in [0.15, 0.2) is 8.32 Å². The molecule has 0 aliphatic heterocycles. The van der Waals surface area contributed by atoms with Crippen LogP contribution in [0.5, 0.6) is 0 Å². The van der Waals surface area contributed by atoms with Crippen LogP contribution in [0.25, 0.3) is 0 Å². The quantitative estimate of drug-likeness (QED) is 0.214. The van der Waals surface area contributed by atoms with Crippen molar-refractivity contribution >= 4 is 18.4 Å². The first-order chi connectivity index (χ1) is 17.4. The van der Waals surface area contributed by atoms with Crippen molar-refractivity contribution in [1.29, 1.82) is 0 Å². The van der Waals surface area contributed by atoms with E-state index in [1.54, 1.807) is 0 Å². The molecule has 2 fully saturated rings. The second-order valence-electron chi connectivity index (χ2n) is 14.9. The Hall–Kier alpha value is -0.963. The number of fused-ring (bicyclic) bond motifs is 2. The van der Waals surface area contributed by atoms with E-state index < -0.39 is 18.4 Å². The van der Waals surface area contributed by atoms with Gasteiger partial charge in [0.1, 0.15) is 0 Å². The molecule has 4 rings (SSSR count). The lowest BCUT2D eigenvalue weighted by Gasteiger charge is -2.57. The maximum Gasteiger partial charge on any atom is 0.264 e. The zero-order valence-corrected chi connectivity index (χ0v) is 27.1. The summed E-state index contributed by atoms with van der Waals surface area (Å²) in [4.78, 5) is 0. The third-order valence-electron chi connectivity index (χ3n) is 11.6. The summed E-state index contributed by atoms with van der Waals surface area (Å²) < 4.78 is 37.0. The van der Waals surface area contributed by atoms with E-state index in [2.05, 4.69) is 71.4 Å². The summed E-state index contributed by atoms with van der Waals surface area (Å²) in [6.07, 6.45) is 9.53. The molecule has 7 atom stereocenters. The minimum absolute atomic E-state index is 0.0343. The molecule has 0 saturated heterocycles. The summed E-state index contributed by atoms with van der Waals surface area (Å²) in [7, 11) is -5.45. The average Bonchev–Trinajstić information content (AvgIpc) is 3.37. The molecule has 8 heteroatoms. The summed E-state index contributed by atoms with van der Waals surface area (Å²) in [5.41, 5.74) is 3.92. The van der Waals surface area contributed by atoms with E-state index in [-0.39, 0.29) is 28.4 Å².